The van der Waals surface area contributed by atoms with Gasteiger partial charge in [-0.1, -0.05) is 23.2 Å². The highest BCUT2D eigenvalue weighted by molar-refractivity contribution is 6.37. The van der Waals surface area contributed by atoms with Crippen LogP contribution in [0.3, 0.4) is 0 Å². The lowest BCUT2D eigenvalue weighted by Crippen LogP contribution is -2.07. The van der Waals surface area contributed by atoms with Crippen LogP contribution in [0.1, 0.15) is 5.56 Å². The first-order valence-electron chi connectivity index (χ1n) is 9.50. The summed E-state index contributed by atoms with van der Waals surface area (Å²) in [6.45, 7) is 0.759. The highest BCUT2D eigenvalue weighted by Crippen LogP contribution is 2.46. The van der Waals surface area contributed by atoms with Crippen molar-refractivity contribution >= 4 is 34.6 Å². The molecule has 3 aromatic rings. The number of pyridine rings is 1. The van der Waals surface area contributed by atoms with Gasteiger partial charge in [-0.3, -0.25) is 4.98 Å². The van der Waals surface area contributed by atoms with Gasteiger partial charge in [0.2, 0.25) is 0 Å². The molecule has 3 rings (SSSR count). The molecule has 0 aliphatic carbocycles. The summed E-state index contributed by atoms with van der Waals surface area (Å²) in [7, 11) is 4.66. The number of hydrogen-bond donors (Lipinski definition) is 1. The Morgan fingerprint density at radius 1 is 0.969 bits per heavy atom. The van der Waals surface area contributed by atoms with Gasteiger partial charge in [-0.05, 0) is 24.3 Å². The standard InChI is InChI=1S/C23H21Cl2N3O4/c1-29-6-7-32-20-5-4-16(15-8-14(11-26)12-27-13-15)22(23(20)31-3)28-19-10-21(30-2)18(25)9-17(19)24/h4-5,8-10,12-13,28H,6-7H2,1-3H3. The molecule has 0 amide bonds. The molecule has 0 bridgehead atoms. The molecule has 1 heterocycles. The molecule has 0 spiro atoms. The smallest absolute Gasteiger partial charge is 0.184 e. The van der Waals surface area contributed by atoms with Gasteiger partial charge in [0.1, 0.15) is 18.4 Å². The Hall–Kier alpha value is -3.18. The van der Waals surface area contributed by atoms with Gasteiger partial charge in [0, 0.05) is 36.7 Å². The third-order valence-corrected chi connectivity index (χ3v) is 5.16. The molecule has 1 aromatic heterocycles. The zero-order valence-electron chi connectivity index (χ0n) is 17.7. The van der Waals surface area contributed by atoms with Crippen LogP contribution >= 0.6 is 23.2 Å². The SMILES string of the molecule is COCCOc1ccc(-c2cncc(C#N)c2)c(Nc2cc(OC)c(Cl)cc2Cl)c1OC. The molecule has 0 fully saturated rings. The second-order valence-corrected chi connectivity index (χ2v) is 7.34. The molecular formula is C23H21Cl2N3O4. The fourth-order valence-corrected chi connectivity index (χ4v) is 3.55. The number of halogens is 2. The van der Waals surface area contributed by atoms with Crippen LogP contribution in [-0.4, -0.2) is 39.5 Å². The summed E-state index contributed by atoms with van der Waals surface area (Å²) in [4.78, 5) is 4.17. The molecule has 32 heavy (non-hydrogen) atoms. The van der Waals surface area contributed by atoms with Gasteiger partial charge in [-0.15, -0.1) is 0 Å². The Balaban J connectivity index is 2.17. The van der Waals surface area contributed by atoms with Crippen molar-refractivity contribution in [1.82, 2.24) is 4.98 Å². The molecule has 0 saturated carbocycles. The van der Waals surface area contributed by atoms with E-state index < -0.39 is 0 Å². The predicted molar refractivity (Wildman–Crippen MR) is 125 cm³/mol. The third kappa shape index (κ3) is 5.17. The number of anilines is 2. The maximum atomic E-state index is 9.29. The summed E-state index contributed by atoms with van der Waals surface area (Å²) in [5.41, 5.74) is 3.00. The minimum absolute atomic E-state index is 0.340. The zero-order chi connectivity index (χ0) is 23.1. The summed E-state index contributed by atoms with van der Waals surface area (Å²) in [6, 6.07) is 10.8. The molecule has 1 N–H and O–H groups in total. The zero-order valence-corrected chi connectivity index (χ0v) is 19.3. The molecule has 166 valence electrons. The second-order valence-electron chi connectivity index (χ2n) is 6.53. The van der Waals surface area contributed by atoms with Gasteiger partial charge >= 0.3 is 0 Å². The van der Waals surface area contributed by atoms with Crippen LogP contribution in [0, 0.1) is 11.3 Å². The van der Waals surface area contributed by atoms with E-state index in [0.717, 1.165) is 5.56 Å². The van der Waals surface area contributed by atoms with Gasteiger partial charge in [-0.2, -0.15) is 5.26 Å². The van der Waals surface area contributed by atoms with Crippen molar-refractivity contribution in [3.8, 4) is 34.4 Å². The molecular weight excluding hydrogens is 453 g/mol. The minimum atomic E-state index is 0.340. The summed E-state index contributed by atoms with van der Waals surface area (Å²) >= 11 is 12.6. The number of hydrogen-bond acceptors (Lipinski definition) is 7. The molecule has 0 atom stereocenters. The highest BCUT2D eigenvalue weighted by atomic mass is 35.5. The lowest BCUT2D eigenvalue weighted by molar-refractivity contribution is 0.144. The lowest BCUT2D eigenvalue weighted by atomic mass is 10.0. The second kappa shape index (κ2) is 10.9. The number of ether oxygens (including phenoxy) is 4. The Morgan fingerprint density at radius 2 is 1.78 bits per heavy atom. The van der Waals surface area contributed by atoms with Crippen LogP contribution in [0.5, 0.6) is 17.2 Å². The van der Waals surface area contributed by atoms with Crippen LogP contribution in [-0.2, 0) is 4.74 Å². The van der Waals surface area contributed by atoms with E-state index in [1.54, 1.807) is 44.7 Å². The van der Waals surface area contributed by atoms with Crippen molar-refractivity contribution in [1.29, 1.82) is 5.26 Å². The summed E-state index contributed by atoms with van der Waals surface area (Å²) in [5, 5.41) is 13.4. The maximum absolute atomic E-state index is 9.29. The van der Waals surface area contributed by atoms with Crippen LogP contribution in [0.25, 0.3) is 11.1 Å². The molecule has 0 unspecified atom stereocenters. The number of methoxy groups -OCH3 is 3. The largest absolute Gasteiger partial charge is 0.495 e. The number of rotatable bonds is 9. The van der Waals surface area contributed by atoms with E-state index >= 15 is 0 Å². The summed E-state index contributed by atoms with van der Waals surface area (Å²) < 4.78 is 21.9. The fraction of sp³-hybridized carbons (Fsp3) is 0.217. The third-order valence-electron chi connectivity index (χ3n) is 4.55. The van der Waals surface area contributed by atoms with Crippen molar-refractivity contribution < 1.29 is 18.9 Å². The fourth-order valence-electron chi connectivity index (χ4n) is 3.04. The Kier molecular flexibility index (Phi) is 8.01. The quantitative estimate of drug-likeness (QED) is 0.398. The van der Waals surface area contributed by atoms with Crippen molar-refractivity contribution in [2.75, 3.05) is 39.9 Å². The van der Waals surface area contributed by atoms with E-state index in [1.807, 2.05) is 6.07 Å². The lowest BCUT2D eigenvalue weighted by Gasteiger charge is -2.20. The summed E-state index contributed by atoms with van der Waals surface area (Å²) in [5.74, 6) is 1.42. The topological polar surface area (TPSA) is 85.6 Å². The molecule has 0 aliphatic rings. The van der Waals surface area contributed by atoms with Crippen LogP contribution in [0.2, 0.25) is 10.0 Å². The van der Waals surface area contributed by atoms with Crippen LogP contribution in [0.15, 0.2) is 42.7 Å². The van der Waals surface area contributed by atoms with Crippen LogP contribution < -0.4 is 19.5 Å². The number of nitrogens with one attached hydrogen (secondary N) is 1. The van der Waals surface area contributed by atoms with Crippen LogP contribution in [0.4, 0.5) is 11.4 Å². The first-order valence-corrected chi connectivity index (χ1v) is 10.3. The van der Waals surface area contributed by atoms with E-state index in [-0.39, 0.29) is 0 Å². The van der Waals surface area contributed by atoms with Crippen molar-refractivity contribution in [3.63, 3.8) is 0 Å². The Morgan fingerprint density at radius 3 is 2.47 bits per heavy atom. The molecule has 0 aliphatic heterocycles. The van der Waals surface area contributed by atoms with E-state index in [2.05, 4.69) is 16.4 Å². The first kappa shape index (κ1) is 23.5. The summed E-state index contributed by atoms with van der Waals surface area (Å²) in [6.07, 6.45) is 3.16. The van der Waals surface area contributed by atoms with Gasteiger partial charge in [-0.25, -0.2) is 0 Å². The van der Waals surface area contributed by atoms with Crippen molar-refractivity contribution in [2.45, 2.75) is 0 Å². The van der Waals surface area contributed by atoms with Gasteiger partial charge in [0.15, 0.2) is 11.5 Å². The molecule has 7 nitrogen and oxygen atoms in total. The number of aromatic nitrogens is 1. The van der Waals surface area contributed by atoms with E-state index in [1.165, 1.54) is 13.3 Å². The molecule has 9 heteroatoms. The maximum Gasteiger partial charge on any atom is 0.184 e. The first-order chi connectivity index (χ1) is 15.5. The van der Waals surface area contributed by atoms with Gasteiger partial charge in [0.25, 0.3) is 0 Å². The molecule has 2 aromatic carbocycles. The average molecular weight is 474 g/mol. The van der Waals surface area contributed by atoms with E-state index in [9.17, 15) is 5.26 Å². The van der Waals surface area contributed by atoms with Crippen molar-refractivity contribution in [3.05, 3.63) is 58.3 Å². The Labute approximate surface area is 196 Å². The number of benzene rings is 2. The molecule has 0 radical (unpaired) electrons. The van der Waals surface area contributed by atoms with Crippen molar-refractivity contribution in [2.24, 2.45) is 0 Å². The predicted octanol–water partition coefficient (Wildman–Crippen LogP) is 5.71. The van der Waals surface area contributed by atoms with E-state index in [4.69, 9.17) is 42.1 Å². The monoisotopic (exact) mass is 473 g/mol. The number of nitriles is 1. The van der Waals surface area contributed by atoms with E-state index in [0.29, 0.717) is 63.0 Å². The minimum Gasteiger partial charge on any atom is -0.495 e. The normalized spacial score (nSPS) is 10.4. The van der Waals surface area contributed by atoms with Gasteiger partial charge < -0.3 is 24.3 Å². The number of nitrogens with zero attached hydrogens (tertiary/aromatic N) is 2. The van der Waals surface area contributed by atoms with Gasteiger partial charge in [0.05, 0.1) is 47.8 Å². The highest BCUT2D eigenvalue weighted by Gasteiger charge is 2.19. The average Bonchev–Trinajstić information content (AvgIpc) is 2.81. The molecule has 0 saturated heterocycles. The Bertz CT molecular complexity index is 1150.